The molecule has 6 nitrogen and oxygen atoms in total. The summed E-state index contributed by atoms with van der Waals surface area (Å²) >= 11 is 3.08. The van der Waals surface area contributed by atoms with Gasteiger partial charge in [-0.1, -0.05) is 12.1 Å². The Hall–Kier alpha value is -2.58. The van der Waals surface area contributed by atoms with Gasteiger partial charge in [0.25, 0.3) is 5.56 Å². The number of rotatable bonds is 3. The van der Waals surface area contributed by atoms with Crippen LogP contribution < -0.4 is 5.56 Å². The Balaban J connectivity index is 1.44. The third-order valence-electron chi connectivity index (χ3n) is 5.17. The Bertz CT molecular complexity index is 1190. The molecule has 28 heavy (non-hydrogen) atoms. The van der Waals surface area contributed by atoms with Crippen LogP contribution in [0.2, 0.25) is 0 Å². The molecule has 0 bridgehead atoms. The number of para-hydroxylation sites is 1. The number of benzene rings is 1. The number of amides is 1. The Morgan fingerprint density at radius 1 is 1.21 bits per heavy atom. The fourth-order valence-corrected chi connectivity index (χ4v) is 5.60. The molecule has 0 aliphatic carbocycles. The molecule has 0 saturated carbocycles. The zero-order chi connectivity index (χ0) is 19.1. The highest BCUT2D eigenvalue weighted by atomic mass is 32.1. The highest BCUT2D eigenvalue weighted by molar-refractivity contribution is 7.18. The fraction of sp³-hybridized carbons (Fsp3) is 0.300. The van der Waals surface area contributed by atoms with Crippen LogP contribution in [0.4, 0.5) is 0 Å². The summed E-state index contributed by atoms with van der Waals surface area (Å²) in [6.45, 7) is 0.710. The Kier molecular flexibility index (Phi) is 4.44. The average Bonchev–Trinajstić information content (AvgIpc) is 3.37. The molecular weight excluding hydrogens is 392 g/mol. The van der Waals surface area contributed by atoms with E-state index in [1.54, 1.807) is 17.4 Å². The molecule has 1 saturated heterocycles. The van der Waals surface area contributed by atoms with E-state index < -0.39 is 0 Å². The molecule has 3 aromatic heterocycles. The Labute approximate surface area is 169 Å². The minimum Gasteiger partial charge on any atom is -0.332 e. The zero-order valence-corrected chi connectivity index (χ0v) is 16.7. The maximum atomic E-state index is 13.1. The van der Waals surface area contributed by atoms with E-state index in [1.165, 1.54) is 22.2 Å². The quantitative estimate of drug-likeness (QED) is 0.515. The molecule has 0 N–H and O–H groups in total. The number of thiophene rings is 1. The van der Waals surface area contributed by atoms with E-state index in [-0.39, 0.29) is 24.1 Å². The normalized spacial score (nSPS) is 17.4. The topological polar surface area (TPSA) is 68.1 Å². The molecule has 0 spiro atoms. The van der Waals surface area contributed by atoms with Crippen LogP contribution in [-0.2, 0) is 11.3 Å². The molecule has 142 valence electrons. The van der Waals surface area contributed by atoms with Crippen LogP contribution in [0.3, 0.4) is 0 Å². The summed E-state index contributed by atoms with van der Waals surface area (Å²) < 4.78 is 2.56. The summed E-state index contributed by atoms with van der Waals surface area (Å²) in [4.78, 5) is 37.4. The Morgan fingerprint density at radius 3 is 3.00 bits per heavy atom. The van der Waals surface area contributed by atoms with Crippen molar-refractivity contribution in [2.24, 2.45) is 0 Å². The van der Waals surface area contributed by atoms with Gasteiger partial charge in [-0.25, -0.2) is 9.97 Å². The molecular formula is C20H18N4O2S2. The molecule has 1 amide bonds. The van der Waals surface area contributed by atoms with Crippen LogP contribution in [0.25, 0.3) is 20.4 Å². The first-order valence-corrected chi connectivity index (χ1v) is 11.0. The predicted octanol–water partition coefficient (Wildman–Crippen LogP) is 3.82. The second-order valence-electron chi connectivity index (χ2n) is 6.94. The van der Waals surface area contributed by atoms with Crippen molar-refractivity contribution < 1.29 is 4.79 Å². The molecule has 1 fully saturated rings. The number of nitrogens with zero attached hydrogens (tertiary/aromatic N) is 4. The van der Waals surface area contributed by atoms with Crippen LogP contribution in [0.1, 0.15) is 30.3 Å². The van der Waals surface area contributed by atoms with Gasteiger partial charge in [-0.3, -0.25) is 14.2 Å². The third kappa shape index (κ3) is 3.02. The lowest BCUT2D eigenvalue weighted by Gasteiger charge is -2.34. The summed E-state index contributed by atoms with van der Waals surface area (Å²) in [6.07, 6.45) is 4.44. The number of carbonyl (C=O) groups excluding carboxylic acids is 1. The van der Waals surface area contributed by atoms with Crippen molar-refractivity contribution in [1.29, 1.82) is 0 Å². The number of hydrogen-bond donors (Lipinski definition) is 0. The van der Waals surface area contributed by atoms with E-state index in [0.29, 0.717) is 16.8 Å². The first-order valence-electron chi connectivity index (χ1n) is 9.28. The fourth-order valence-electron chi connectivity index (χ4n) is 3.76. The minimum absolute atomic E-state index is 0.0129. The van der Waals surface area contributed by atoms with Gasteiger partial charge >= 0.3 is 0 Å². The van der Waals surface area contributed by atoms with Gasteiger partial charge in [0.1, 0.15) is 16.4 Å². The standard InChI is InChI=1S/C20H18N4O2S2/c25-17(11-23-12-21-18-13(20(23)26)8-10-27-18)24-9-4-3-6-15(24)19-22-14-5-1-2-7-16(14)28-19/h1-2,5,7-8,10,12,15H,3-4,6,9,11H2/t15-/m0/s1. The molecule has 0 unspecified atom stereocenters. The van der Waals surface area contributed by atoms with Crippen molar-refractivity contribution in [3.05, 3.63) is 57.4 Å². The maximum absolute atomic E-state index is 13.1. The summed E-state index contributed by atoms with van der Waals surface area (Å²) in [6, 6.07) is 9.80. The molecule has 0 radical (unpaired) electrons. The van der Waals surface area contributed by atoms with Crippen LogP contribution in [-0.4, -0.2) is 31.9 Å². The van der Waals surface area contributed by atoms with Gasteiger partial charge in [-0.15, -0.1) is 22.7 Å². The van der Waals surface area contributed by atoms with Crippen LogP contribution in [0.15, 0.2) is 46.8 Å². The van der Waals surface area contributed by atoms with Crippen molar-refractivity contribution >= 4 is 49.0 Å². The number of carbonyl (C=O) groups is 1. The average molecular weight is 411 g/mol. The van der Waals surface area contributed by atoms with E-state index in [0.717, 1.165) is 34.5 Å². The molecule has 1 atom stereocenters. The summed E-state index contributed by atoms with van der Waals surface area (Å²) in [5.74, 6) is -0.0533. The van der Waals surface area contributed by atoms with E-state index in [1.807, 2.05) is 28.5 Å². The molecule has 5 rings (SSSR count). The highest BCUT2D eigenvalue weighted by Crippen LogP contribution is 2.35. The maximum Gasteiger partial charge on any atom is 0.262 e. The molecule has 1 aromatic carbocycles. The van der Waals surface area contributed by atoms with Crippen LogP contribution in [0.5, 0.6) is 0 Å². The summed E-state index contributed by atoms with van der Waals surface area (Å²) in [5, 5.41) is 3.40. The van der Waals surface area contributed by atoms with E-state index in [2.05, 4.69) is 11.1 Å². The van der Waals surface area contributed by atoms with Crippen LogP contribution >= 0.6 is 22.7 Å². The number of piperidine rings is 1. The Morgan fingerprint density at radius 2 is 2.11 bits per heavy atom. The summed E-state index contributed by atoms with van der Waals surface area (Å²) in [5.41, 5.74) is 0.817. The zero-order valence-electron chi connectivity index (χ0n) is 15.1. The van der Waals surface area contributed by atoms with E-state index >= 15 is 0 Å². The largest absolute Gasteiger partial charge is 0.332 e. The number of hydrogen-bond acceptors (Lipinski definition) is 6. The van der Waals surface area contributed by atoms with Crippen molar-refractivity contribution in [1.82, 2.24) is 19.4 Å². The smallest absolute Gasteiger partial charge is 0.262 e. The molecule has 8 heteroatoms. The predicted molar refractivity (Wildman–Crippen MR) is 112 cm³/mol. The molecule has 1 aliphatic heterocycles. The lowest BCUT2D eigenvalue weighted by Crippen LogP contribution is -2.41. The number of fused-ring (bicyclic) bond motifs is 2. The summed E-state index contributed by atoms with van der Waals surface area (Å²) in [7, 11) is 0. The SMILES string of the molecule is O=C(Cn1cnc2sccc2c1=O)N1CCCC[C@H]1c1nc2ccccc2s1. The lowest BCUT2D eigenvalue weighted by molar-refractivity contribution is -0.135. The van der Waals surface area contributed by atoms with Gasteiger partial charge in [0, 0.05) is 6.54 Å². The van der Waals surface area contributed by atoms with Gasteiger partial charge in [0.2, 0.25) is 5.91 Å². The van der Waals surface area contributed by atoms with Gasteiger partial charge < -0.3 is 4.90 Å². The van der Waals surface area contributed by atoms with Gasteiger partial charge in [-0.05, 0) is 42.8 Å². The minimum atomic E-state index is -0.159. The lowest BCUT2D eigenvalue weighted by atomic mass is 10.0. The van der Waals surface area contributed by atoms with Crippen molar-refractivity contribution in [3.8, 4) is 0 Å². The number of likely N-dealkylation sites (tertiary alicyclic amines) is 1. The van der Waals surface area contributed by atoms with E-state index in [9.17, 15) is 9.59 Å². The first kappa shape index (κ1) is 17.5. The third-order valence-corrected chi connectivity index (χ3v) is 7.13. The molecule has 1 aliphatic rings. The van der Waals surface area contributed by atoms with Gasteiger partial charge in [-0.2, -0.15) is 0 Å². The second-order valence-corrected chi connectivity index (χ2v) is 8.89. The van der Waals surface area contributed by atoms with Crippen molar-refractivity contribution in [2.45, 2.75) is 31.8 Å². The van der Waals surface area contributed by atoms with Crippen LogP contribution in [0, 0.1) is 0 Å². The first-order chi connectivity index (χ1) is 13.7. The van der Waals surface area contributed by atoms with Crippen molar-refractivity contribution in [2.75, 3.05) is 6.54 Å². The molecule has 4 heterocycles. The van der Waals surface area contributed by atoms with Gasteiger partial charge in [0.15, 0.2) is 0 Å². The number of aromatic nitrogens is 3. The monoisotopic (exact) mass is 410 g/mol. The van der Waals surface area contributed by atoms with Crippen molar-refractivity contribution in [3.63, 3.8) is 0 Å². The van der Waals surface area contributed by atoms with Gasteiger partial charge in [0.05, 0.1) is 28.0 Å². The van der Waals surface area contributed by atoms with E-state index in [4.69, 9.17) is 4.98 Å². The second kappa shape index (κ2) is 7.10. The highest BCUT2D eigenvalue weighted by Gasteiger charge is 2.30. The number of thiazole rings is 1. The molecule has 4 aromatic rings.